The van der Waals surface area contributed by atoms with Crippen molar-refractivity contribution in [3.05, 3.63) is 34.0 Å². The van der Waals surface area contributed by atoms with Crippen molar-refractivity contribution in [3.63, 3.8) is 0 Å². The number of nitrogens with one attached hydrogen (secondary N) is 2. The van der Waals surface area contributed by atoms with Crippen LogP contribution in [0.2, 0.25) is 0 Å². The zero-order valence-corrected chi connectivity index (χ0v) is 19.4. The summed E-state index contributed by atoms with van der Waals surface area (Å²) >= 11 is 1.54. The molecule has 10 heteroatoms. The van der Waals surface area contributed by atoms with Crippen LogP contribution in [0.5, 0.6) is 0 Å². The molecule has 3 aromatic rings. The molecule has 0 aromatic carbocycles. The van der Waals surface area contributed by atoms with Crippen LogP contribution < -0.4 is 10.6 Å². The van der Waals surface area contributed by atoms with E-state index >= 15 is 0 Å². The summed E-state index contributed by atoms with van der Waals surface area (Å²) < 4.78 is 1.44. The second-order valence-electron chi connectivity index (χ2n) is 8.35. The zero-order chi connectivity index (χ0) is 23.3. The van der Waals surface area contributed by atoms with Gasteiger partial charge in [-0.1, -0.05) is 6.92 Å². The maximum absolute atomic E-state index is 12.5. The minimum absolute atomic E-state index is 0.151. The summed E-state index contributed by atoms with van der Waals surface area (Å²) in [5, 5.41) is 30.7. The molecule has 1 aliphatic rings. The van der Waals surface area contributed by atoms with Crippen LogP contribution in [-0.2, 0) is 10.5 Å². The van der Waals surface area contributed by atoms with Gasteiger partial charge in [-0.3, -0.25) is 9.36 Å². The summed E-state index contributed by atoms with van der Waals surface area (Å²) in [6.07, 6.45) is 1.58. The molecule has 4 rings (SSSR count). The Labute approximate surface area is 189 Å². The van der Waals surface area contributed by atoms with Gasteiger partial charge in [0.25, 0.3) is 0 Å². The molecule has 168 valence electrons. The van der Waals surface area contributed by atoms with Crippen LogP contribution in [-0.4, -0.2) is 55.3 Å². The molecule has 4 atom stereocenters. The lowest BCUT2D eigenvalue weighted by Gasteiger charge is -2.38. The van der Waals surface area contributed by atoms with Crippen molar-refractivity contribution in [2.24, 2.45) is 11.8 Å². The molecule has 9 nitrogen and oxygen atoms in total. The van der Waals surface area contributed by atoms with E-state index in [1.807, 2.05) is 25.3 Å². The number of hydrogen-bond acceptors (Lipinski definition) is 8. The number of hydrogen-bond donors (Lipinski definition) is 4. The van der Waals surface area contributed by atoms with E-state index in [1.54, 1.807) is 7.05 Å². The van der Waals surface area contributed by atoms with Gasteiger partial charge in [-0.15, -0.1) is 11.3 Å². The number of aryl methyl sites for hydroxylation is 1. The van der Waals surface area contributed by atoms with Crippen LogP contribution in [0, 0.1) is 30.6 Å². The number of amides is 1. The van der Waals surface area contributed by atoms with Crippen LogP contribution in [0.4, 0.5) is 5.82 Å². The fraction of sp³-hybridized carbons (Fsp3) is 0.455. The monoisotopic (exact) mass is 454 g/mol. The molecule has 32 heavy (non-hydrogen) atoms. The quantitative estimate of drug-likeness (QED) is 0.441. The van der Waals surface area contributed by atoms with E-state index in [9.17, 15) is 15.0 Å². The molecule has 4 N–H and O–H groups in total. The summed E-state index contributed by atoms with van der Waals surface area (Å²) in [5.74, 6) is 5.38. The Hall–Kier alpha value is -3.00. The summed E-state index contributed by atoms with van der Waals surface area (Å²) in [6.45, 7) is 5.29. The number of anilines is 1. The van der Waals surface area contributed by atoms with Gasteiger partial charge < -0.3 is 20.8 Å². The Bertz CT molecular complexity index is 1250. The van der Waals surface area contributed by atoms with E-state index in [4.69, 9.17) is 0 Å². The third-order valence-electron chi connectivity index (χ3n) is 6.30. The minimum atomic E-state index is -1.80. The van der Waals surface area contributed by atoms with Crippen molar-refractivity contribution in [2.75, 3.05) is 19.4 Å². The molecule has 1 aliphatic carbocycles. The third-order valence-corrected chi connectivity index (χ3v) is 7.23. The second-order valence-corrected chi connectivity index (χ2v) is 9.27. The third kappa shape index (κ3) is 3.24. The number of nitrogens with zero attached hydrogens (tertiary/aromatic N) is 4. The summed E-state index contributed by atoms with van der Waals surface area (Å²) in [6, 6.07) is 1.99. The van der Waals surface area contributed by atoms with Gasteiger partial charge >= 0.3 is 0 Å². The average Bonchev–Trinajstić information content (AvgIpc) is 3.41. The molecule has 0 spiro atoms. The first-order valence-corrected chi connectivity index (χ1v) is 11.2. The fourth-order valence-electron chi connectivity index (χ4n) is 4.60. The molecule has 3 heterocycles. The highest BCUT2D eigenvalue weighted by molar-refractivity contribution is 7.10. The van der Waals surface area contributed by atoms with E-state index in [-0.39, 0.29) is 24.1 Å². The number of rotatable bonds is 3. The molecular weight excluding hydrogens is 428 g/mol. The zero-order valence-electron chi connectivity index (χ0n) is 18.6. The number of aromatic nitrogens is 4. The average molecular weight is 455 g/mol. The van der Waals surface area contributed by atoms with Crippen molar-refractivity contribution in [1.29, 1.82) is 0 Å². The SMILES string of the molecule is CNC(=O)[C@H]1[C@H](C)C[C@](O)(n2cnc3c(NC)nc(C#Cc4sccc4C)nc32)[C@@]1(C)O. The molecule has 0 saturated heterocycles. The van der Waals surface area contributed by atoms with Crippen LogP contribution >= 0.6 is 11.3 Å². The summed E-state index contributed by atoms with van der Waals surface area (Å²) in [7, 11) is 3.23. The molecule has 3 aromatic heterocycles. The van der Waals surface area contributed by atoms with Gasteiger partial charge in [0, 0.05) is 20.5 Å². The van der Waals surface area contributed by atoms with Gasteiger partial charge in [0.1, 0.15) is 5.60 Å². The van der Waals surface area contributed by atoms with E-state index in [0.29, 0.717) is 17.0 Å². The van der Waals surface area contributed by atoms with Gasteiger partial charge in [-0.2, -0.15) is 0 Å². The van der Waals surface area contributed by atoms with Crippen molar-refractivity contribution < 1.29 is 15.0 Å². The Balaban J connectivity index is 1.86. The predicted octanol–water partition coefficient (Wildman–Crippen LogP) is 1.44. The lowest BCUT2D eigenvalue weighted by Crippen LogP contribution is -2.55. The van der Waals surface area contributed by atoms with Gasteiger partial charge in [0.05, 0.1) is 17.1 Å². The number of aliphatic hydroxyl groups is 2. The molecule has 0 bridgehead atoms. The van der Waals surface area contributed by atoms with Gasteiger partial charge in [0.2, 0.25) is 11.7 Å². The minimum Gasteiger partial charge on any atom is -0.384 e. The van der Waals surface area contributed by atoms with Crippen molar-refractivity contribution >= 4 is 34.2 Å². The lowest BCUT2D eigenvalue weighted by atomic mass is 9.84. The molecule has 1 saturated carbocycles. The molecule has 0 unspecified atom stereocenters. The summed E-state index contributed by atoms with van der Waals surface area (Å²) in [5.41, 5.74) is -1.72. The fourth-order valence-corrected chi connectivity index (χ4v) is 5.37. The predicted molar refractivity (Wildman–Crippen MR) is 122 cm³/mol. The number of fused-ring (bicyclic) bond motifs is 1. The van der Waals surface area contributed by atoms with Crippen molar-refractivity contribution in [2.45, 2.75) is 38.5 Å². The molecule has 0 aliphatic heterocycles. The molecule has 1 fully saturated rings. The highest BCUT2D eigenvalue weighted by Crippen LogP contribution is 2.51. The second kappa shape index (κ2) is 7.85. The molecule has 0 radical (unpaired) electrons. The lowest BCUT2D eigenvalue weighted by molar-refractivity contribution is -0.189. The van der Waals surface area contributed by atoms with E-state index < -0.39 is 17.2 Å². The van der Waals surface area contributed by atoms with Crippen LogP contribution in [0.3, 0.4) is 0 Å². The van der Waals surface area contributed by atoms with Crippen molar-refractivity contribution in [1.82, 2.24) is 24.8 Å². The first-order valence-electron chi connectivity index (χ1n) is 10.3. The normalized spacial score (nSPS) is 27.2. The number of thiophene rings is 1. The van der Waals surface area contributed by atoms with Gasteiger partial charge in [-0.05, 0) is 48.6 Å². The Morgan fingerprint density at radius 2 is 2.06 bits per heavy atom. The smallest absolute Gasteiger partial charge is 0.226 e. The topological polar surface area (TPSA) is 125 Å². The highest BCUT2D eigenvalue weighted by atomic mass is 32.1. The Morgan fingerprint density at radius 1 is 1.31 bits per heavy atom. The molecule has 1 amide bonds. The van der Waals surface area contributed by atoms with E-state index in [1.165, 1.54) is 36.2 Å². The molecular formula is C22H26N6O3S. The maximum Gasteiger partial charge on any atom is 0.226 e. The van der Waals surface area contributed by atoms with Crippen LogP contribution in [0.1, 0.15) is 36.5 Å². The van der Waals surface area contributed by atoms with E-state index in [0.717, 1.165) is 10.4 Å². The summed E-state index contributed by atoms with van der Waals surface area (Å²) in [4.78, 5) is 26.8. The Morgan fingerprint density at radius 3 is 2.69 bits per heavy atom. The first-order chi connectivity index (χ1) is 15.1. The van der Waals surface area contributed by atoms with Crippen LogP contribution in [0.25, 0.3) is 11.2 Å². The standard InChI is InChI=1S/C22H26N6O3S/c1-12-8-9-32-14(12)6-7-15-26-18(23-4)17-19(27-15)28(11-25-17)22(31)10-13(2)16(20(29)24-5)21(22,3)30/h8-9,11,13,16,30-31H,10H2,1-5H3,(H,24,29)(H,23,26,27)/t13-,16-,21+,22-/m1/s1. The van der Waals surface area contributed by atoms with Crippen molar-refractivity contribution in [3.8, 4) is 11.8 Å². The number of imidazole rings is 1. The first kappa shape index (κ1) is 22.2. The van der Waals surface area contributed by atoms with Gasteiger partial charge in [-0.25, -0.2) is 15.0 Å². The highest BCUT2D eigenvalue weighted by Gasteiger charge is 2.63. The number of carbonyl (C=O) groups is 1. The largest absolute Gasteiger partial charge is 0.384 e. The van der Waals surface area contributed by atoms with Crippen LogP contribution in [0.15, 0.2) is 17.8 Å². The van der Waals surface area contributed by atoms with E-state index in [2.05, 4.69) is 37.4 Å². The Kier molecular flexibility index (Phi) is 5.45. The maximum atomic E-state index is 12.5. The van der Waals surface area contributed by atoms with Gasteiger partial charge in [0.15, 0.2) is 22.7 Å². The number of carbonyl (C=O) groups excluding carboxylic acids is 1.